The Kier molecular flexibility index (Phi) is 5.86. The Bertz CT molecular complexity index is 848. The normalized spacial score (nSPS) is 15.2. The lowest BCUT2D eigenvalue weighted by atomic mass is 9.94. The molecule has 2 aromatic carbocycles. The highest BCUT2D eigenvalue weighted by atomic mass is 19.1. The minimum atomic E-state index is -0.418. The van der Waals surface area contributed by atoms with Gasteiger partial charge in [0.25, 0.3) is 0 Å². The van der Waals surface area contributed by atoms with Gasteiger partial charge in [0.15, 0.2) is 0 Å². The maximum Gasteiger partial charge on any atom is 0.308 e. The molecule has 1 aliphatic heterocycles. The molecule has 0 saturated heterocycles. The van der Waals surface area contributed by atoms with Crippen molar-refractivity contribution in [1.82, 2.24) is 4.90 Å². The zero-order chi connectivity index (χ0) is 19.2. The lowest BCUT2D eigenvalue weighted by molar-refractivity contribution is -0.146. The molecule has 5 nitrogen and oxygen atoms in total. The van der Waals surface area contributed by atoms with Gasteiger partial charge in [-0.05, 0) is 41.5 Å². The van der Waals surface area contributed by atoms with Crippen LogP contribution in [0.4, 0.5) is 4.39 Å². The molecular weight excluding hydrogens is 349 g/mol. The predicted octanol–water partition coefficient (Wildman–Crippen LogP) is 3.71. The van der Waals surface area contributed by atoms with Crippen LogP contribution in [0.2, 0.25) is 0 Å². The number of rotatable bonds is 6. The third kappa shape index (κ3) is 4.73. The van der Waals surface area contributed by atoms with Crippen molar-refractivity contribution in [3.8, 4) is 5.75 Å². The van der Waals surface area contributed by atoms with Gasteiger partial charge in [-0.25, -0.2) is 4.39 Å². The summed E-state index contributed by atoms with van der Waals surface area (Å²) >= 11 is 0. The fraction of sp³-hybridized carbons (Fsp3) is 0.238. The molecule has 0 fully saturated rings. The fourth-order valence-corrected chi connectivity index (χ4v) is 2.98. The number of carbonyl (C=O) groups excluding carboxylic acids is 2. The topological polar surface area (TPSA) is 55.8 Å². The molecule has 1 atom stereocenters. The van der Waals surface area contributed by atoms with E-state index in [1.807, 2.05) is 30.3 Å². The molecule has 3 rings (SSSR count). The first-order chi connectivity index (χ1) is 13.0. The van der Waals surface area contributed by atoms with E-state index < -0.39 is 12.0 Å². The van der Waals surface area contributed by atoms with Crippen molar-refractivity contribution in [1.29, 1.82) is 0 Å². The summed E-state index contributed by atoms with van der Waals surface area (Å²) in [5, 5.41) is 0. The Morgan fingerprint density at radius 2 is 1.81 bits per heavy atom. The van der Waals surface area contributed by atoms with Crippen LogP contribution in [0.25, 0.3) is 6.08 Å². The maximum absolute atomic E-state index is 12.8. The van der Waals surface area contributed by atoms with Gasteiger partial charge in [0.05, 0.1) is 12.5 Å². The molecule has 0 spiro atoms. The largest absolute Gasteiger partial charge is 0.490 e. The molecule has 27 heavy (non-hydrogen) atoms. The number of esters is 1. The molecule has 0 aromatic heterocycles. The molecule has 0 N–H and O–H groups in total. The maximum atomic E-state index is 12.8. The summed E-state index contributed by atoms with van der Waals surface area (Å²) in [5.74, 6) is -0.399. The Morgan fingerprint density at radius 1 is 1.07 bits per heavy atom. The van der Waals surface area contributed by atoms with Gasteiger partial charge in [-0.2, -0.15) is 0 Å². The molecule has 0 aliphatic carbocycles. The number of fused-ring (bicyclic) bond motifs is 1. The Hall–Kier alpha value is -3.15. The summed E-state index contributed by atoms with van der Waals surface area (Å²) < 4.78 is 23.5. The summed E-state index contributed by atoms with van der Waals surface area (Å²) in [6, 6.07) is 12.9. The van der Waals surface area contributed by atoms with Crippen molar-refractivity contribution in [3.63, 3.8) is 0 Å². The molecule has 2 aromatic rings. The van der Waals surface area contributed by atoms with Gasteiger partial charge in [-0.1, -0.05) is 24.3 Å². The average Bonchev–Trinajstić information content (AvgIpc) is 2.66. The van der Waals surface area contributed by atoms with Crippen molar-refractivity contribution in [2.75, 3.05) is 13.2 Å². The lowest BCUT2D eigenvalue weighted by Crippen LogP contribution is -2.32. The molecular formula is C21H20FNO4. The second kappa shape index (κ2) is 8.49. The van der Waals surface area contributed by atoms with E-state index in [2.05, 4.69) is 0 Å². The number of hydrogen-bond donors (Lipinski definition) is 0. The highest BCUT2D eigenvalue weighted by Crippen LogP contribution is 2.33. The first-order valence-corrected chi connectivity index (χ1v) is 8.64. The Morgan fingerprint density at radius 3 is 2.56 bits per heavy atom. The first-order valence-electron chi connectivity index (χ1n) is 8.64. The van der Waals surface area contributed by atoms with Gasteiger partial charge in [0, 0.05) is 13.1 Å². The van der Waals surface area contributed by atoms with E-state index in [1.54, 1.807) is 11.1 Å². The van der Waals surface area contributed by atoms with Gasteiger partial charge in [-0.3, -0.25) is 9.59 Å². The molecule has 1 amide bonds. The third-order valence-corrected chi connectivity index (χ3v) is 4.26. The zero-order valence-electron chi connectivity index (χ0n) is 14.9. The van der Waals surface area contributed by atoms with Crippen LogP contribution in [0.3, 0.4) is 0 Å². The van der Waals surface area contributed by atoms with Crippen LogP contribution in [0.15, 0.2) is 54.7 Å². The van der Waals surface area contributed by atoms with Crippen LogP contribution in [0.1, 0.15) is 30.5 Å². The number of amides is 1. The van der Waals surface area contributed by atoms with Gasteiger partial charge in [0.2, 0.25) is 5.91 Å². The summed E-state index contributed by atoms with van der Waals surface area (Å²) in [6.45, 7) is 1.70. The highest BCUT2D eigenvalue weighted by Gasteiger charge is 2.28. The number of ether oxygens (including phenoxy) is 2. The van der Waals surface area contributed by atoms with E-state index in [4.69, 9.17) is 9.47 Å². The lowest BCUT2D eigenvalue weighted by Gasteiger charge is -2.32. The smallest absolute Gasteiger partial charge is 0.308 e. The Balaban J connectivity index is 1.55. The molecule has 6 heteroatoms. The van der Waals surface area contributed by atoms with Gasteiger partial charge in [0.1, 0.15) is 24.8 Å². The third-order valence-electron chi connectivity index (χ3n) is 4.26. The van der Waals surface area contributed by atoms with Gasteiger partial charge < -0.3 is 14.4 Å². The van der Waals surface area contributed by atoms with Crippen molar-refractivity contribution < 1.29 is 23.5 Å². The van der Waals surface area contributed by atoms with Crippen molar-refractivity contribution in [2.45, 2.75) is 19.4 Å². The first kappa shape index (κ1) is 18.6. The molecule has 1 aliphatic rings. The van der Waals surface area contributed by atoms with Crippen LogP contribution < -0.4 is 4.74 Å². The van der Waals surface area contributed by atoms with Gasteiger partial charge in [-0.15, -0.1) is 0 Å². The Labute approximate surface area is 157 Å². The number of nitrogens with zero attached hydrogens (tertiary/aromatic N) is 1. The van der Waals surface area contributed by atoms with Crippen molar-refractivity contribution >= 4 is 18.0 Å². The summed E-state index contributed by atoms with van der Waals surface area (Å²) in [7, 11) is 0. The van der Waals surface area contributed by atoms with E-state index in [0.717, 1.165) is 11.1 Å². The molecule has 140 valence electrons. The van der Waals surface area contributed by atoms with Crippen LogP contribution in [-0.4, -0.2) is 30.0 Å². The number of benzene rings is 2. The zero-order valence-corrected chi connectivity index (χ0v) is 14.9. The van der Waals surface area contributed by atoms with Crippen LogP contribution >= 0.6 is 0 Å². The van der Waals surface area contributed by atoms with E-state index in [0.29, 0.717) is 5.75 Å². The fourth-order valence-electron chi connectivity index (χ4n) is 2.98. The predicted molar refractivity (Wildman–Crippen MR) is 98.2 cm³/mol. The quantitative estimate of drug-likeness (QED) is 0.575. The van der Waals surface area contributed by atoms with Crippen molar-refractivity contribution in [3.05, 3.63) is 71.7 Å². The number of hydrogen-bond acceptors (Lipinski definition) is 4. The monoisotopic (exact) mass is 369 g/mol. The molecule has 1 heterocycles. The van der Waals surface area contributed by atoms with E-state index in [1.165, 1.54) is 31.2 Å². The highest BCUT2D eigenvalue weighted by molar-refractivity contribution is 5.80. The standard InChI is InChI=1S/C21H20FNO4/c1-15(24)23-11-10-16-4-2-3-5-19(16)20(23)14-21(25)27-13-12-26-18-8-6-17(22)7-9-18/h2-11,20H,12-14H2,1H3/t20-/m0/s1. The van der Waals surface area contributed by atoms with E-state index >= 15 is 0 Å². The molecule has 0 bridgehead atoms. The van der Waals surface area contributed by atoms with E-state index in [9.17, 15) is 14.0 Å². The molecule has 0 radical (unpaired) electrons. The number of halogens is 1. The average molecular weight is 369 g/mol. The second-order valence-electron chi connectivity index (χ2n) is 6.11. The van der Waals surface area contributed by atoms with Crippen LogP contribution in [0.5, 0.6) is 5.75 Å². The van der Waals surface area contributed by atoms with E-state index in [-0.39, 0.29) is 31.4 Å². The van der Waals surface area contributed by atoms with Crippen LogP contribution in [-0.2, 0) is 14.3 Å². The van der Waals surface area contributed by atoms with Crippen LogP contribution in [0, 0.1) is 5.82 Å². The minimum Gasteiger partial charge on any atom is -0.490 e. The SMILES string of the molecule is CC(=O)N1C=Cc2ccccc2[C@@H]1CC(=O)OCCOc1ccc(F)cc1. The number of carbonyl (C=O) groups is 2. The van der Waals surface area contributed by atoms with Crippen molar-refractivity contribution in [2.24, 2.45) is 0 Å². The summed E-state index contributed by atoms with van der Waals surface area (Å²) in [6.07, 6.45) is 3.60. The van der Waals surface area contributed by atoms with Gasteiger partial charge >= 0.3 is 5.97 Å². The molecule has 0 unspecified atom stereocenters. The summed E-state index contributed by atoms with van der Waals surface area (Å²) in [4.78, 5) is 25.7. The second-order valence-corrected chi connectivity index (χ2v) is 6.11. The molecule has 0 saturated carbocycles. The summed E-state index contributed by atoms with van der Waals surface area (Å²) in [5.41, 5.74) is 1.89. The minimum absolute atomic E-state index is 0.0531.